The molecular formula is C14H18FNO3. The molecule has 0 heterocycles. The van der Waals surface area contributed by atoms with Crippen LogP contribution in [0.5, 0.6) is 5.75 Å². The molecule has 1 aliphatic rings. The highest BCUT2D eigenvalue weighted by molar-refractivity contribution is 5.73. The number of carboxylic acid groups (broad SMARTS) is 1. The van der Waals surface area contributed by atoms with Crippen LogP contribution in [0.3, 0.4) is 0 Å². The normalized spacial score (nSPS) is 16.7. The van der Waals surface area contributed by atoms with Gasteiger partial charge in [0.2, 0.25) is 0 Å². The van der Waals surface area contributed by atoms with Gasteiger partial charge in [0.15, 0.2) is 11.6 Å². The lowest BCUT2D eigenvalue weighted by Crippen LogP contribution is -2.32. The summed E-state index contributed by atoms with van der Waals surface area (Å²) < 4.78 is 19.2. The summed E-state index contributed by atoms with van der Waals surface area (Å²) in [6, 6.07) is 3.47. The maximum absolute atomic E-state index is 13.8. The van der Waals surface area contributed by atoms with Gasteiger partial charge in [-0.2, -0.15) is 0 Å². The van der Waals surface area contributed by atoms with Gasteiger partial charge in [0.25, 0.3) is 0 Å². The van der Waals surface area contributed by atoms with E-state index in [-0.39, 0.29) is 12.2 Å². The van der Waals surface area contributed by atoms with Crippen LogP contribution in [-0.4, -0.2) is 23.7 Å². The molecule has 0 spiro atoms. The lowest BCUT2D eigenvalue weighted by molar-refractivity contribution is -0.138. The molecule has 19 heavy (non-hydrogen) atoms. The molecule has 3 N–H and O–H groups in total. The Bertz CT molecular complexity index is 460. The highest BCUT2D eigenvalue weighted by Crippen LogP contribution is 2.28. The molecule has 0 amide bonds. The van der Waals surface area contributed by atoms with Crippen molar-refractivity contribution in [1.82, 2.24) is 0 Å². The Balaban J connectivity index is 1.93. The average molecular weight is 267 g/mol. The van der Waals surface area contributed by atoms with Crippen LogP contribution < -0.4 is 10.5 Å². The first kappa shape index (κ1) is 13.8. The third-order valence-electron chi connectivity index (χ3n) is 3.47. The van der Waals surface area contributed by atoms with Gasteiger partial charge in [-0.3, -0.25) is 4.79 Å². The first-order chi connectivity index (χ1) is 9.06. The van der Waals surface area contributed by atoms with Crippen LogP contribution in [0.25, 0.3) is 0 Å². The highest BCUT2D eigenvalue weighted by atomic mass is 19.1. The van der Waals surface area contributed by atoms with Gasteiger partial charge in [-0.15, -0.1) is 0 Å². The zero-order chi connectivity index (χ0) is 13.8. The molecule has 0 aromatic heterocycles. The number of nitrogens with two attached hydrogens (primary N) is 1. The summed E-state index contributed by atoms with van der Waals surface area (Å²) in [5, 5.41) is 8.70. The molecule has 5 heteroatoms. The fourth-order valence-electron chi connectivity index (χ4n) is 2.00. The Hall–Kier alpha value is -1.62. The summed E-state index contributed by atoms with van der Waals surface area (Å²) in [6.45, 7) is 0.547. The molecule has 1 saturated carbocycles. The monoisotopic (exact) mass is 267 g/mol. The number of rotatable bonds is 6. The second kappa shape index (κ2) is 6.02. The number of halogens is 1. The number of ether oxygens (including phenoxy) is 1. The van der Waals surface area contributed by atoms with Crippen molar-refractivity contribution in [3.8, 4) is 5.75 Å². The molecule has 4 nitrogen and oxygen atoms in total. The van der Waals surface area contributed by atoms with Gasteiger partial charge in [-0.1, -0.05) is 12.5 Å². The fourth-order valence-corrected chi connectivity index (χ4v) is 2.00. The molecule has 0 saturated heterocycles. The van der Waals surface area contributed by atoms with Crippen molar-refractivity contribution in [3.05, 3.63) is 29.6 Å². The molecule has 0 radical (unpaired) electrons. The van der Waals surface area contributed by atoms with E-state index in [9.17, 15) is 9.18 Å². The lowest BCUT2D eigenvalue weighted by Gasteiger charge is -2.25. The number of carbonyl (C=O) groups is 1. The summed E-state index contributed by atoms with van der Waals surface area (Å²) in [5.74, 6) is -0.792. The van der Waals surface area contributed by atoms with Crippen LogP contribution in [0.1, 0.15) is 24.8 Å². The fraction of sp³-hybridized carbons (Fsp3) is 0.500. The largest absolute Gasteiger partial charge is 0.490 e. The maximum atomic E-state index is 13.8. The Morgan fingerprint density at radius 1 is 1.53 bits per heavy atom. The Morgan fingerprint density at radius 2 is 2.26 bits per heavy atom. The van der Waals surface area contributed by atoms with Gasteiger partial charge >= 0.3 is 5.97 Å². The van der Waals surface area contributed by atoms with Gasteiger partial charge in [0.05, 0.1) is 6.61 Å². The zero-order valence-corrected chi connectivity index (χ0v) is 10.6. The van der Waals surface area contributed by atoms with E-state index in [0.29, 0.717) is 18.1 Å². The number of hydrogen-bond donors (Lipinski definition) is 2. The third-order valence-corrected chi connectivity index (χ3v) is 3.47. The van der Waals surface area contributed by atoms with E-state index in [1.807, 2.05) is 0 Å². The van der Waals surface area contributed by atoms with Gasteiger partial charge in [0.1, 0.15) is 6.04 Å². The number of aliphatic carboxylic acids is 1. The van der Waals surface area contributed by atoms with Gasteiger partial charge in [-0.25, -0.2) is 4.39 Å². The van der Waals surface area contributed by atoms with Crippen LogP contribution in [0.15, 0.2) is 18.2 Å². The topological polar surface area (TPSA) is 72.5 Å². The molecule has 1 aliphatic carbocycles. The van der Waals surface area contributed by atoms with Crippen molar-refractivity contribution in [3.63, 3.8) is 0 Å². The molecule has 1 unspecified atom stereocenters. The number of carboxylic acids is 1. The van der Waals surface area contributed by atoms with E-state index in [0.717, 1.165) is 12.8 Å². The van der Waals surface area contributed by atoms with E-state index >= 15 is 0 Å². The average Bonchev–Trinajstić information content (AvgIpc) is 2.29. The van der Waals surface area contributed by atoms with E-state index in [1.165, 1.54) is 18.6 Å². The van der Waals surface area contributed by atoms with E-state index < -0.39 is 17.8 Å². The van der Waals surface area contributed by atoms with Gasteiger partial charge in [0, 0.05) is 0 Å². The quantitative estimate of drug-likeness (QED) is 0.826. The lowest BCUT2D eigenvalue weighted by atomic mass is 9.86. The second-order valence-electron chi connectivity index (χ2n) is 5.02. The molecule has 1 aromatic carbocycles. The number of benzene rings is 1. The van der Waals surface area contributed by atoms with E-state index in [1.54, 1.807) is 6.07 Å². The predicted molar refractivity (Wildman–Crippen MR) is 68.6 cm³/mol. The Kier molecular flexibility index (Phi) is 4.37. The Labute approximate surface area is 111 Å². The van der Waals surface area contributed by atoms with Crippen LogP contribution in [0, 0.1) is 11.7 Å². The first-order valence-electron chi connectivity index (χ1n) is 6.46. The zero-order valence-electron chi connectivity index (χ0n) is 10.6. The Morgan fingerprint density at radius 3 is 2.79 bits per heavy atom. The standard InChI is InChI=1S/C14H18FNO3/c15-11-6-10(7-12(16)14(17)18)4-5-13(11)19-8-9-2-1-3-9/h4-6,9,12H,1-3,7-8,16H2,(H,17,18). The second-order valence-corrected chi connectivity index (χ2v) is 5.02. The summed E-state index contributed by atoms with van der Waals surface area (Å²) in [5.41, 5.74) is 5.97. The van der Waals surface area contributed by atoms with Crippen molar-refractivity contribution in [2.45, 2.75) is 31.7 Å². The predicted octanol–water partition coefficient (Wildman–Crippen LogP) is 1.96. The van der Waals surface area contributed by atoms with Gasteiger partial charge < -0.3 is 15.6 Å². The third kappa shape index (κ3) is 3.67. The molecular weight excluding hydrogens is 249 g/mol. The van der Waals surface area contributed by atoms with Crippen LogP contribution in [-0.2, 0) is 11.2 Å². The first-order valence-corrected chi connectivity index (χ1v) is 6.46. The molecule has 2 rings (SSSR count). The summed E-state index contributed by atoms with van der Waals surface area (Å²) in [4.78, 5) is 10.6. The molecule has 1 atom stereocenters. The molecule has 0 aliphatic heterocycles. The SMILES string of the molecule is NC(Cc1ccc(OCC2CCC2)c(F)c1)C(=O)O. The highest BCUT2D eigenvalue weighted by Gasteiger charge is 2.19. The molecule has 1 aromatic rings. The van der Waals surface area contributed by atoms with Crippen molar-refractivity contribution >= 4 is 5.97 Å². The molecule has 1 fully saturated rings. The van der Waals surface area contributed by atoms with Crippen LogP contribution in [0.2, 0.25) is 0 Å². The minimum atomic E-state index is -1.09. The summed E-state index contributed by atoms with van der Waals surface area (Å²) in [6.07, 6.45) is 3.62. The molecule has 104 valence electrons. The van der Waals surface area contributed by atoms with Gasteiger partial charge in [-0.05, 0) is 42.9 Å². The smallest absolute Gasteiger partial charge is 0.320 e. The summed E-state index contributed by atoms with van der Waals surface area (Å²) >= 11 is 0. The minimum Gasteiger partial charge on any atom is -0.490 e. The molecule has 0 bridgehead atoms. The minimum absolute atomic E-state index is 0.106. The van der Waals surface area contributed by atoms with Crippen molar-refractivity contribution < 1.29 is 19.0 Å². The van der Waals surface area contributed by atoms with Crippen molar-refractivity contribution in [1.29, 1.82) is 0 Å². The number of hydrogen-bond acceptors (Lipinski definition) is 3. The summed E-state index contributed by atoms with van der Waals surface area (Å²) in [7, 11) is 0. The van der Waals surface area contributed by atoms with Crippen molar-refractivity contribution in [2.75, 3.05) is 6.61 Å². The maximum Gasteiger partial charge on any atom is 0.320 e. The van der Waals surface area contributed by atoms with E-state index in [4.69, 9.17) is 15.6 Å². The van der Waals surface area contributed by atoms with Crippen molar-refractivity contribution in [2.24, 2.45) is 11.7 Å². The van der Waals surface area contributed by atoms with E-state index in [2.05, 4.69) is 0 Å². The van der Waals surface area contributed by atoms with Crippen LogP contribution >= 0.6 is 0 Å². The van der Waals surface area contributed by atoms with Crippen LogP contribution in [0.4, 0.5) is 4.39 Å².